The summed E-state index contributed by atoms with van der Waals surface area (Å²) in [5.74, 6) is -0.184. The van der Waals surface area contributed by atoms with E-state index >= 15 is 0 Å². The zero-order valence-corrected chi connectivity index (χ0v) is 12.2. The molecule has 0 heterocycles. The summed E-state index contributed by atoms with van der Waals surface area (Å²) in [6.07, 6.45) is 0. The van der Waals surface area contributed by atoms with E-state index in [9.17, 15) is 4.39 Å². The van der Waals surface area contributed by atoms with Gasteiger partial charge in [-0.05, 0) is 26.5 Å². The van der Waals surface area contributed by atoms with E-state index in [4.69, 9.17) is 10.5 Å². The van der Waals surface area contributed by atoms with Crippen LogP contribution < -0.4 is 5.73 Å². The first-order chi connectivity index (χ1) is 9.13. The molecule has 0 saturated heterocycles. The predicted molar refractivity (Wildman–Crippen MR) is 76.7 cm³/mol. The van der Waals surface area contributed by atoms with Gasteiger partial charge in [-0.2, -0.15) is 0 Å². The van der Waals surface area contributed by atoms with E-state index in [0.29, 0.717) is 25.3 Å². The van der Waals surface area contributed by atoms with Gasteiger partial charge in [-0.25, -0.2) is 4.39 Å². The molecule has 0 fully saturated rings. The maximum Gasteiger partial charge on any atom is 0.128 e. The molecule has 0 amide bonds. The zero-order chi connectivity index (χ0) is 14.3. The minimum Gasteiger partial charge on any atom is -0.380 e. The fourth-order valence-corrected chi connectivity index (χ4v) is 2.25. The minimum atomic E-state index is -0.184. The second kappa shape index (κ2) is 8.25. The average molecular weight is 268 g/mol. The van der Waals surface area contributed by atoms with Crippen molar-refractivity contribution in [3.8, 4) is 0 Å². The molecule has 4 heteroatoms. The Balaban J connectivity index is 2.86. The van der Waals surface area contributed by atoms with Crippen LogP contribution in [0.2, 0.25) is 0 Å². The van der Waals surface area contributed by atoms with Crippen LogP contribution in [-0.2, 0) is 4.74 Å². The monoisotopic (exact) mass is 268 g/mol. The second-order valence-electron chi connectivity index (χ2n) is 4.60. The molecule has 0 radical (unpaired) electrons. The van der Waals surface area contributed by atoms with Crippen LogP contribution in [0.5, 0.6) is 0 Å². The van der Waals surface area contributed by atoms with Crippen LogP contribution in [0.1, 0.15) is 31.0 Å². The summed E-state index contributed by atoms with van der Waals surface area (Å²) < 4.78 is 19.4. The standard InChI is InChI=1S/C15H25FN2O/c1-4-18(8-9-19-5-2)15(11-17)13-10-12(3)6-7-14(13)16/h6-7,10,15H,4-5,8-9,11,17H2,1-3H3. The van der Waals surface area contributed by atoms with Gasteiger partial charge in [0.15, 0.2) is 0 Å². The maximum atomic E-state index is 14.0. The lowest BCUT2D eigenvalue weighted by molar-refractivity contribution is 0.0972. The minimum absolute atomic E-state index is 0.0923. The first-order valence-electron chi connectivity index (χ1n) is 6.91. The Kier molecular flexibility index (Phi) is 6.99. The Bertz CT molecular complexity index is 384. The number of halogens is 1. The Labute approximate surface area is 115 Å². The zero-order valence-electron chi connectivity index (χ0n) is 12.2. The predicted octanol–water partition coefficient (Wildman–Crippen LogP) is 2.49. The number of hydrogen-bond donors (Lipinski definition) is 1. The molecule has 0 aliphatic rings. The molecule has 0 saturated carbocycles. The van der Waals surface area contributed by atoms with Gasteiger partial charge in [0.25, 0.3) is 0 Å². The molecule has 0 spiro atoms. The fourth-order valence-electron chi connectivity index (χ4n) is 2.25. The van der Waals surface area contributed by atoms with Gasteiger partial charge in [-0.15, -0.1) is 0 Å². The number of nitrogens with two attached hydrogens (primary N) is 1. The van der Waals surface area contributed by atoms with E-state index in [1.807, 2.05) is 19.9 Å². The van der Waals surface area contributed by atoms with Crippen LogP contribution in [-0.4, -0.2) is 37.7 Å². The first-order valence-corrected chi connectivity index (χ1v) is 6.91. The lowest BCUT2D eigenvalue weighted by Gasteiger charge is -2.30. The van der Waals surface area contributed by atoms with Gasteiger partial charge in [0.05, 0.1) is 6.61 Å². The number of ether oxygens (including phenoxy) is 1. The third kappa shape index (κ3) is 4.56. The summed E-state index contributed by atoms with van der Waals surface area (Å²) in [6.45, 7) is 9.33. The second-order valence-corrected chi connectivity index (χ2v) is 4.60. The largest absolute Gasteiger partial charge is 0.380 e. The lowest BCUT2D eigenvalue weighted by atomic mass is 10.0. The molecule has 1 unspecified atom stereocenters. The van der Waals surface area contributed by atoms with Gasteiger partial charge in [0.1, 0.15) is 5.82 Å². The topological polar surface area (TPSA) is 38.5 Å². The van der Waals surface area contributed by atoms with Crippen LogP contribution in [0.25, 0.3) is 0 Å². The summed E-state index contributed by atoms with van der Waals surface area (Å²) in [5.41, 5.74) is 7.59. The molecule has 2 N–H and O–H groups in total. The van der Waals surface area contributed by atoms with E-state index in [1.165, 1.54) is 6.07 Å². The number of nitrogens with zero attached hydrogens (tertiary/aromatic N) is 1. The molecule has 108 valence electrons. The Morgan fingerprint density at radius 1 is 1.37 bits per heavy atom. The van der Waals surface area contributed by atoms with Crippen molar-refractivity contribution in [1.29, 1.82) is 0 Å². The smallest absolute Gasteiger partial charge is 0.128 e. The molecule has 1 aromatic carbocycles. The fraction of sp³-hybridized carbons (Fsp3) is 0.600. The third-order valence-corrected chi connectivity index (χ3v) is 3.31. The number of benzene rings is 1. The summed E-state index contributed by atoms with van der Waals surface area (Å²) in [7, 11) is 0. The van der Waals surface area contributed by atoms with Crippen molar-refractivity contribution in [2.24, 2.45) is 5.73 Å². The lowest BCUT2D eigenvalue weighted by Crippen LogP contribution is -2.36. The molecule has 3 nitrogen and oxygen atoms in total. The van der Waals surface area contributed by atoms with Crippen molar-refractivity contribution in [2.45, 2.75) is 26.8 Å². The molecule has 0 aromatic heterocycles. The van der Waals surface area contributed by atoms with Crippen molar-refractivity contribution in [2.75, 3.05) is 32.8 Å². The molecule has 0 aliphatic heterocycles. The van der Waals surface area contributed by atoms with Crippen LogP contribution in [0.3, 0.4) is 0 Å². The Morgan fingerprint density at radius 2 is 2.11 bits per heavy atom. The van der Waals surface area contributed by atoms with Crippen molar-refractivity contribution in [3.05, 3.63) is 35.1 Å². The van der Waals surface area contributed by atoms with E-state index in [-0.39, 0.29) is 11.9 Å². The van der Waals surface area contributed by atoms with Crippen LogP contribution in [0.4, 0.5) is 4.39 Å². The number of likely N-dealkylation sites (N-methyl/N-ethyl adjacent to an activating group) is 1. The van der Waals surface area contributed by atoms with Crippen molar-refractivity contribution in [1.82, 2.24) is 4.90 Å². The highest BCUT2D eigenvalue weighted by Gasteiger charge is 2.20. The number of rotatable bonds is 8. The average Bonchev–Trinajstić information content (AvgIpc) is 2.41. The molecule has 19 heavy (non-hydrogen) atoms. The number of aryl methyl sites for hydroxylation is 1. The molecule has 1 atom stereocenters. The summed E-state index contributed by atoms with van der Waals surface area (Å²) in [5, 5.41) is 0. The molecule has 1 aromatic rings. The summed E-state index contributed by atoms with van der Waals surface area (Å²) in [4.78, 5) is 2.16. The highest BCUT2D eigenvalue weighted by Crippen LogP contribution is 2.23. The van der Waals surface area contributed by atoms with Gasteiger partial charge < -0.3 is 10.5 Å². The van der Waals surface area contributed by atoms with Gasteiger partial charge in [-0.3, -0.25) is 4.90 Å². The van der Waals surface area contributed by atoms with E-state index < -0.39 is 0 Å². The Hall–Kier alpha value is -0.970. The van der Waals surface area contributed by atoms with Gasteiger partial charge in [-0.1, -0.05) is 24.6 Å². The highest BCUT2D eigenvalue weighted by molar-refractivity contribution is 5.27. The van der Waals surface area contributed by atoms with Crippen molar-refractivity contribution < 1.29 is 9.13 Å². The van der Waals surface area contributed by atoms with Gasteiger partial charge in [0.2, 0.25) is 0 Å². The molecule has 0 bridgehead atoms. The molecule has 0 aliphatic carbocycles. The molecular weight excluding hydrogens is 243 g/mol. The van der Waals surface area contributed by atoms with Crippen molar-refractivity contribution >= 4 is 0 Å². The van der Waals surface area contributed by atoms with Crippen LogP contribution in [0, 0.1) is 12.7 Å². The van der Waals surface area contributed by atoms with E-state index in [1.54, 1.807) is 6.07 Å². The molecule has 1 rings (SSSR count). The quantitative estimate of drug-likeness (QED) is 0.736. The van der Waals surface area contributed by atoms with Crippen LogP contribution >= 0.6 is 0 Å². The molecular formula is C15H25FN2O. The third-order valence-electron chi connectivity index (χ3n) is 3.31. The van der Waals surface area contributed by atoms with E-state index in [0.717, 1.165) is 18.7 Å². The van der Waals surface area contributed by atoms with Crippen molar-refractivity contribution in [3.63, 3.8) is 0 Å². The van der Waals surface area contributed by atoms with Gasteiger partial charge in [0, 0.05) is 31.3 Å². The highest BCUT2D eigenvalue weighted by atomic mass is 19.1. The summed E-state index contributed by atoms with van der Waals surface area (Å²) >= 11 is 0. The SMILES string of the molecule is CCOCCN(CC)C(CN)c1cc(C)ccc1F. The Morgan fingerprint density at radius 3 is 2.68 bits per heavy atom. The van der Waals surface area contributed by atoms with E-state index in [2.05, 4.69) is 11.8 Å². The normalized spacial score (nSPS) is 12.9. The van der Waals surface area contributed by atoms with Crippen LogP contribution in [0.15, 0.2) is 18.2 Å². The summed E-state index contributed by atoms with van der Waals surface area (Å²) in [6, 6.07) is 5.09. The maximum absolute atomic E-state index is 14.0. The number of hydrogen-bond acceptors (Lipinski definition) is 3. The van der Waals surface area contributed by atoms with Gasteiger partial charge >= 0.3 is 0 Å². The first kappa shape index (κ1) is 16.1.